The number of rotatable bonds is 4. The summed E-state index contributed by atoms with van der Waals surface area (Å²) in [7, 11) is 0. The van der Waals surface area contributed by atoms with E-state index < -0.39 is 0 Å². The van der Waals surface area contributed by atoms with Crippen LogP contribution in [0.3, 0.4) is 0 Å². The zero-order valence-corrected chi connectivity index (χ0v) is 10.4. The van der Waals surface area contributed by atoms with Gasteiger partial charge in [0.05, 0.1) is 5.71 Å². The highest BCUT2D eigenvalue weighted by molar-refractivity contribution is 6.02. The minimum absolute atomic E-state index is 0.0172. The lowest BCUT2D eigenvalue weighted by Crippen LogP contribution is -2.09. The van der Waals surface area contributed by atoms with Crippen molar-refractivity contribution in [2.24, 2.45) is 5.16 Å². The number of amides is 1. The molecule has 1 aromatic rings. The molecule has 0 unspecified atom stereocenters. The van der Waals surface area contributed by atoms with Crippen LogP contribution in [0.1, 0.15) is 25.0 Å². The van der Waals surface area contributed by atoms with Gasteiger partial charge in [0.2, 0.25) is 5.91 Å². The minimum atomic E-state index is -0.222. The van der Waals surface area contributed by atoms with Gasteiger partial charge in [0.15, 0.2) is 0 Å². The van der Waals surface area contributed by atoms with E-state index in [2.05, 4.69) is 17.1 Å². The number of hydrogen-bond acceptors (Lipinski definition) is 4. The number of anilines is 1. The van der Waals surface area contributed by atoms with Gasteiger partial charge in [-0.25, -0.2) is 0 Å². The number of nitrogens with zero attached hydrogens (tertiary/aromatic N) is 1. The average Bonchev–Trinajstić information content (AvgIpc) is 2.32. The lowest BCUT2D eigenvalue weighted by Gasteiger charge is -2.13. The zero-order valence-electron chi connectivity index (χ0n) is 10.4. The second-order valence-electron chi connectivity index (χ2n) is 3.85. The number of allylic oxidation sites excluding steroid dienone is 1. The van der Waals surface area contributed by atoms with Crippen molar-refractivity contribution in [3.8, 4) is 5.75 Å². The first-order chi connectivity index (χ1) is 8.51. The van der Waals surface area contributed by atoms with Gasteiger partial charge in [-0.2, -0.15) is 0 Å². The molecule has 0 atom stereocenters. The summed E-state index contributed by atoms with van der Waals surface area (Å²) < 4.78 is 0. The van der Waals surface area contributed by atoms with Crippen LogP contribution in [0.5, 0.6) is 5.75 Å². The summed E-state index contributed by atoms with van der Waals surface area (Å²) in [6, 6.07) is 3.24. The number of phenolic OH excluding ortho intramolecular Hbond substituents is 1. The van der Waals surface area contributed by atoms with Gasteiger partial charge in [-0.3, -0.25) is 4.79 Å². The third-order valence-electron chi connectivity index (χ3n) is 2.48. The molecule has 0 saturated heterocycles. The highest BCUT2D eigenvalue weighted by Crippen LogP contribution is 2.31. The largest absolute Gasteiger partial charge is 0.507 e. The second-order valence-corrected chi connectivity index (χ2v) is 3.85. The fourth-order valence-electron chi connectivity index (χ4n) is 1.64. The minimum Gasteiger partial charge on any atom is -0.507 e. The molecule has 0 bridgehead atoms. The van der Waals surface area contributed by atoms with Gasteiger partial charge in [-0.15, -0.1) is 6.58 Å². The predicted octanol–water partition coefficient (Wildman–Crippen LogP) is 2.28. The average molecular weight is 248 g/mol. The number of nitrogens with one attached hydrogen (secondary N) is 1. The Balaban J connectivity index is 3.36. The normalized spacial score (nSPS) is 11.1. The molecule has 1 aromatic carbocycles. The Morgan fingerprint density at radius 1 is 1.50 bits per heavy atom. The standard InChI is InChI=1S/C13H16N2O3/c1-4-5-11-12(14-9(3)16)7-6-10(13(11)17)8(2)15-18/h4,6-7,17-18H,1,5H2,2-3H3,(H,14,16). The van der Waals surface area contributed by atoms with Crippen LogP contribution in [0.4, 0.5) is 5.69 Å². The van der Waals surface area contributed by atoms with Crippen molar-refractivity contribution >= 4 is 17.3 Å². The lowest BCUT2D eigenvalue weighted by atomic mass is 10.0. The number of benzene rings is 1. The van der Waals surface area contributed by atoms with E-state index in [4.69, 9.17) is 5.21 Å². The van der Waals surface area contributed by atoms with E-state index in [0.29, 0.717) is 28.9 Å². The van der Waals surface area contributed by atoms with Gasteiger partial charge in [-0.05, 0) is 25.5 Å². The first kappa shape index (κ1) is 13.8. The van der Waals surface area contributed by atoms with Crippen LogP contribution in [0, 0.1) is 0 Å². The van der Waals surface area contributed by atoms with Crippen molar-refractivity contribution in [3.05, 3.63) is 35.9 Å². The molecule has 96 valence electrons. The smallest absolute Gasteiger partial charge is 0.221 e. The summed E-state index contributed by atoms with van der Waals surface area (Å²) >= 11 is 0. The van der Waals surface area contributed by atoms with Gasteiger partial charge in [0.1, 0.15) is 5.75 Å². The Labute approximate surface area is 105 Å². The van der Waals surface area contributed by atoms with E-state index in [1.54, 1.807) is 25.1 Å². The van der Waals surface area contributed by atoms with Gasteiger partial charge < -0.3 is 15.6 Å². The summed E-state index contributed by atoms with van der Waals surface area (Å²) in [5, 5.41) is 24.5. The van der Waals surface area contributed by atoms with Crippen molar-refractivity contribution in [3.63, 3.8) is 0 Å². The Bertz CT molecular complexity index is 507. The fourth-order valence-corrected chi connectivity index (χ4v) is 1.64. The molecule has 0 fully saturated rings. The molecule has 5 nitrogen and oxygen atoms in total. The highest BCUT2D eigenvalue weighted by atomic mass is 16.4. The molecule has 0 spiro atoms. The number of aromatic hydroxyl groups is 1. The molecule has 18 heavy (non-hydrogen) atoms. The Morgan fingerprint density at radius 2 is 2.17 bits per heavy atom. The lowest BCUT2D eigenvalue weighted by molar-refractivity contribution is -0.114. The SMILES string of the molecule is C=CCc1c(NC(C)=O)ccc(C(C)=NO)c1O. The van der Waals surface area contributed by atoms with Gasteiger partial charge >= 0.3 is 0 Å². The Hall–Kier alpha value is -2.30. The van der Waals surface area contributed by atoms with E-state index in [9.17, 15) is 9.90 Å². The van der Waals surface area contributed by atoms with Crippen LogP contribution >= 0.6 is 0 Å². The van der Waals surface area contributed by atoms with Crippen molar-refractivity contribution in [2.75, 3.05) is 5.32 Å². The van der Waals surface area contributed by atoms with Crippen LogP contribution in [0.25, 0.3) is 0 Å². The van der Waals surface area contributed by atoms with Gasteiger partial charge in [0, 0.05) is 23.7 Å². The maximum absolute atomic E-state index is 11.1. The molecular formula is C13H16N2O3. The molecule has 1 rings (SSSR count). The number of carbonyl (C=O) groups excluding carboxylic acids is 1. The number of phenols is 1. The monoisotopic (exact) mass is 248 g/mol. The molecular weight excluding hydrogens is 232 g/mol. The third kappa shape index (κ3) is 2.88. The summed E-state index contributed by atoms with van der Waals surface area (Å²) in [6.45, 7) is 6.57. The molecule has 0 aliphatic rings. The van der Waals surface area contributed by atoms with E-state index in [1.807, 2.05) is 0 Å². The number of oxime groups is 1. The van der Waals surface area contributed by atoms with Crippen LogP contribution in [-0.2, 0) is 11.2 Å². The summed E-state index contributed by atoms with van der Waals surface area (Å²) in [5.74, 6) is -0.239. The summed E-state index contributed by atoms with van der Waals surface area (Å²) in [5.41, 5.74) is 1.78. The molecule has 0 radical (unpaired) electrons. The first-order valence-corrected chi connectivity index (χ1v) is 5.43. The van der Waals surface area contributed by atoms with Crippen molar-refractivity contribution < 1.29 is 15.1 Å². The molecule has 0 saturated carbocycles. The van der Waals surface area contributed by atoms with Crippen molar-refractivity contribution in [2.45, 2.75) is 20.3 Å². The maximum Gasteiger partial charge on any atom is 0.221 e. The molecule has 1 amide bonds. The van der Waals surface area contributed by atoms with Crippen LogP contribution in [0.2, 0.25) is 0 Å². The van der Waals surface area contributed by atoms with E-state index in [-0.39, 0.29) is 11.7 Å². The fraction of sp³-hybridized carbons (Fsp3) is 0.231. The van der Waals surface area contributed by atoms with Gasteiger partial charge in [-0.1, -0.05) is 11.2 Å². The van der Waals surface area contributed by atoms with Crippen molar-refractivity contribution in [1.29, 1.82) is 0 Å². The molecule has 0 heterocycles. The topological polar surface area (TPSA) is 81.9 Å². The third-order valence-corrected chi connectivity index (χ3v) is 2.48. The van der Waals surface area contributed by atoms with E-state index in [0.717, 1.165) is 0 Å². The van der Waals surface area contributed by atoms with E-state index >= 15 is 0 Å². The predicted molar refractivity (Wildman–Crippen MR) is 70.3 cm³/mol. The molecule has 0 aliphatic heterocycles. The zero-order chi connectivity index (χ0) is 13.7. The molecule has 5 heteroatoms. The second kappa shape index (κ2) is 5.86. The first-order valence-electron chi connectivity index (χ1n) is 5.43. The Morgan fingerprint density at radius 3 is 2.67 bits per heavy atom. The van der Waals surface area contributed by atoms with Gasteiger partial charge in [0.25, 0.3) is 0 Å². The van der Waals surface area contributed by atoms with E-state index in [1.165, 1.54) is 6.92 Å². The summed E-state index contributed by atoms with van der Waals surface area (Å²) in [4.78, 5) is 11.1. The number of carbonyl (C=O) groups is 1. The van der Waals surface area contributed by atoms with Crippen LogP contribution < -0.4 is 5.32 Å². The quantitative estimate of drug-likeness (QED) is 0.331. The Kier molecular flexibility index (Phi) is 4.48. The summed E-state index contributed by atoms with van der Waals surface area (Å²) in [6.07, 6.45) is 2.02. The maximum atomic E-state index is 11.1. The number of hydrogen-bond donors (Lipinski definition) is 3. The molecule has 0 aromatic heterocycles. The highest BCUT2D eigenvalue weighted by Gasteiger charge is 2.14. The molecule has 0 aliphatic carbocycles. The van der Waals surface area contributed by atoms with Crippen LogP contribution in [0.15, 0.2) is 29.9 Å². The van der Waals surface area contributed by atoms with Crippen LogP contribution in [-0.4, -0.2) is 21.9 Å². The van der Waals surface area contributed by atoms with Crippen molar-refractivity contribution in [1.82, 2.24) is 0 Å². The molecule has 3 N–H and O–H groups in total.